The van der Waals surface area contributed by atoms with Gasteiger partial charge in [0.2, 0.25) is 9.47 Å². The molecule has 15 heavy (non-hydrogen) atoms. The minimum Gasteiger partial charge on any atom is -0.862 e. The van der Waals surface area contributed by atoms with E-state index in [2.05, 4.69) is 15.2 Å². The van der Waals surface area contributed by atoms with Crippen LogP contribution in [0.1, 0.15) is 6.92 Å². The molecule has 0 unspecified atom stereocenters. The van der Waals surface area contributed by atoms with Crippen molar-refractivity contribution >= 4 is 32.4 Å². The minimum atomic E-state index is -4.09. The minimum absolute atomic E-state index is 0. The van der Waals surface area contributed by atoms with Crippen LogP contribution < -0.4 is 64.2 Å². The van der Waals surface area contributed by atoms with E-state index in [0.29, 0.717) is 11.3 Å². The van der Waals surface area contributed by atoms with E-state index in [9.17, 15) is 13.5 Å². The van der Waals surface area contributed by atoms with Crippen molar-refractivity contribution in [2.75, 3.05) is 0 Å². The number of aliphatic imine (C=N–C) groups is 1. The van der Waals surface area contributed by atoms with Gasteiger partial charge >= 0.3 is 59.1 Å². The van der Waals surface area contributed by atoms with Gasteiger partial charge in [0.15, 0.2) is 0 Å². The van der Waals surface area contributed by atoms with Crippen LogP contribution >= 0.6 is 11.3 Å². The first-order valence-electron chi connectivity index (χ1n) is 2.95. The zero-order chi connectivity index (χ0) is 10.1. The standard InChI is InChI=1S/C4H5N4O3S2.2Na/c1-2(9)6-3-7-8-4(12-3)13(5,10)11;;/h1H3,(H2-,5,6,7,9,10,11);;/q-1;2*+1/p-1. The van der Waals surface area contributed by atoms with Crippen LogP contribution in [0.5, 0.6) is 0 Å². The van der Waals surface area contributed by atoms with E-state index in [1.165, 1.54) is 6.92 Å². The van der Waals surface area contributed by atoms with Crippen molar-refractivity contribution in [3.8, 4) is 0 Å². The van der Waals surface area contributed by atoms with Crippen molar-refractivity contribution in [1.29, 1.82) is 0 Å². The second kappa shape index (κ2) is 7.30. The molecule has 1 rings (SSSR count). The van der Waals surface area contributed by atoms with Crippen LogP contribution in [0.4, 0.5) is 5.13 Å². The van der Waals surface area contributed by atoms with E-state index in [0.717, 1.165) is 0 Å². The SMILES string of the molecule is CC([O-])=Nc1nnc(S([NH-])(=O)=O)s1.[Na+].[Na+]. The van der Waals surface area contributed by atoms with Gasteiger partial charge in [-0.25, -0.2) is 13.4 Å². The van der Waals surface area contributed by atoms with Crippen molar-refractivity contribution in [1.82, 2.24) is 10.2 Å². The second-order valence-corrected chi connectivity index (χ2v) is 4.59. The summed E-state index contributed by atoms with van der Waals surface area (Å²) in [6.07, 6.45) is 0. The molecule has 0 spiro atoms. The number of hydrogen-bond donors (Lipinski definition) is 0. The Morgan fingerprint density at radius 3 is 2.33 bits per heavy atom. The van der Waals surface area contributed by atoms with E-state index < -0.39 is 20.3 Å². The molecule has 11 heteroatoms. The molecule has 0 radical (unpaired) electrons. The maximum atomic E-state index is 10.6. The Bertz CT molecular complexity index is 438. The summed E-state index contributed by atoms with van der Waals surface area (Å²) in [6.45, 7) is 1.20. The number of rotatable bonds is 2. The molecule has 0 saturated heterocycles. The molecule has 0 fully saturated rings. The van der Waals surface area contributed by atoms with Gasteiger partial charge in [0.05, 0.1) is 0 Å². The molecule has 1 aromatic heterocycles. The molecular formula is C4H4N4Na2O3S2. The predicted molar refractivity (Wildman–Crippen MR) is 44.2 cm³/mol. The molecule has 0 aliphatic rings. The van der Waals surface area contributed by atoms with Gasteiger partial charge in [-0.15, -0.1) is 10.2 Å². The summed E-state index contributed by atoms with van der Waals surface area (Å²) in [5, 5.41) is 23.5. The molecule has 7 nitrogen and oxygen atoms in total. The summed E-state index contributed by atoms with van der Waals surface area (Å²) in [7, 11) is -4.09. The quantitative estimate of drug-likeness (QED) is 0.299. The fourth-order valence-corrected chi connectivity index (χ4v) is 1.80. The fraction of sp³-hybridized carbons (Fsp3) is 0.250. The first-order chi connectivity index (χ1) is 5.89. The fourth-order valence-electron chi connectivity index (χ4n) is 0.491. The maximum absolute atomic E-state index is 10.6. The van der Waals surface area contributed by atoms with Crippen LogP contribution in [-0.2, 0) is 10.0 Å². The molecule has 1 N–H and O–H groups in total. The van der Waals surface area contributed by atoms with Crippen LogP contribution in [0.25, 0.3) is 5.14 Å². The maximum Gasteiger partial charge on any atom is 1.00 e. The number of sulfonamides is 1. The van der Waals surface area contributed by atoms with E-state index in [4.69, 9.17) is 5.14 Å². The molecule has 0 aliphatic heterocycles. The van der Waals surface area contributed by atoms with Crippen molar-refractivity contribution in [3.63, 3.8) is 0 Å². The first-order valence-corrected chi connectivity index (χ1v) is 5.25. The third-order valence-corrected chi connectivity index (χ3v) is 2.94. The number of hydrogen-bond acceptors (Lipinski definition) is 7. The zero-order valence-corrected chi connectivity index (χ0v) is 14.0. The summed E-state index contributed by atoms with van der Waals surface area (Å²) < 4.78 is 20.7. The van der Waals surface area contributed by atoms with Gasteiger partial charge in [-0.2, -0.15) is 0 Å². The van der Waals surface area contributed by atoms with Crippen molar-refractivity contribution < 1.29 is 72.6 Å². The Morgan fingerprint density at radius 2 is 2.00 bits per heavy atom. The molecule has 1 aromatic rings. The van der Waals surface area contributed by atoms with Crippen LogP contribution in [0.2, 0.25) is 0 Å². The van der Waals surface area contributed by atoms with Crippen LogP contribution in [-0.4, -0.2) is 24.5 Å². The molecule has 72 valence electrons. The topological polar surface area (TPSA) is 119 Å². The van der Waals surface area contributed by atoms with Gasteiger partial charge in [-0.1, -0.05) is 11.3 Å². The Labute approximate surface area is 135 Å². The molecule has 0 aliphatic carbocycles. The normalized spacial score (nSPS) is 11.5. The smallest absolute Gasteiger partial charge is 0.862 e. The summed E-state index contributed by atoms with van der Waals surface area (Å²) in [6, 6.07) is 0. The van der Waals surface area contributed by atoms with E-state index >= 15 is 0 Å². The third kappa shape index (κ3) is 6.29. The van der Waals surface area contributed by atoms with Crippen LogP contribution in [0.3, 0.4) is 0 Å². The van der Waals surface area contributed by atoms with E-state index in [1.807, 2.05) is 0 Å². The van der Waals surface area contributed by atoms with Crippen molar-refractivity contribution in [2.24, 2.45) is 4.99 Å². The Kier molecular flexibility index (Phi) is 8.91. The van der Waals surface area contributed by atoms with Crippen molar-refractivity contribution in [3.05, 3.63) is 5.14 Å². The molecule has 1 heterocycles. The molecule has 0 amide bonds. The molecule has 0 aromatic carbocycles. The van der Waals surface area contributed by atoms with Gasteiger partial charge < -0.3 is 10.2 Å². The van der Waals surface area contributed by atoms with Crippen molar-refractivity contribution in [2.45, 2.75) is 11.3 Å². The summed E-state index contributed by atoms with van der Waals surface area (Å²) >= 11 is 0.583. The summed E-state index contributed by atoms with van der Waals surface area (Å²) in [4.78, 5) is 3.35. The second-order valence-electron chi connectivity index (χ2n) is 1.98. The monoisotopic (exact) mass is 266 g/mol. The largest absolute Gasteiger partial charge is 1.00 e. The molecule has 0 saturated carbocycles. The van der Waals surface area contributed by atoms with Gasteiger partial charge in [0.1, 0.15) is 10.0 Å². The van der Waals surface area contributed by atoms with Gasteiger partial charge in [0, 0.05) is 0 Å². The molecule has 0 atom stereocenters. The third-order valence-electron chi connectivity index (χ3n) is 0.879. The predicted octanol–water partition coefficient (Wildman–Crippen LogP) is -6.30. The van der Waals surface area contributed by atoms with E-state index in [1.54, 1.807) is 0 Å². The number of aromatic nitrogens is 2. The Hall–Kier alpha value is 0.940. The average Bonchev–Trinajstić information content (AvgIpc) is 2.32. The number of nitrogens with zero attached hydrogens (tertiary/aromatic N) is 3. The summed E-state index contributed by atoms with van der Waals surface area (Å²) in [5.41, 5.74) is 0. The van der Waals surface area contributed by atoms with Crippen LogP contribution in [0.15, 0.2) is 9.33 Å². The first kappa shape index (κ1) is 18.3. The molecule has 0 bridgehead atoms. The average molecular weight is 266 g/mol. The Morgan fingerprint density at radius 1 is 1.47 bits per heavy atom. The Balaban J connectivity index is 0. The zero-order valence-electron chi connectivity index (χ0n) is 8.38. The van der Waals surface area contributed by atoms with Gasteiger partial charge in [-0.3, -0.25) is 0 Å². The summed E-state index contributed by atoms with van der Waals surface area (Å²) in [5.74, 6) is -0.495. The van der Waals surface area contributed by atoms with E-state index in [-0.39, 0.29) is 64.2 Å². The molecular weight excluding hydrogens is 262 g/mol. The van der Waals surface area contributed by atoms with Gasteiger partial charge in [-0.05, 0) is 12.8 Å². The van der Waals surface area contributed by atoms with Crippen LogP contribution in [0, 0.1) is 0 Å². The number of nitrogens with one attached hydrogen (secondary N) is 1. The van der Waals surface area contributed by atoms with Gasteiger partial charge in [0.25, 0.3) is 0 Å².